The fourth-order valence-corrected chi connectivity index (χ4v) is 2.56. The molecule has 0 aromatic heterocycles. The summed E-state index contributed by atoms with van der Waals surface area (Å²) in [6, 6.07) is 0.678. The van der Waals surface area contributed by atoms with E-state index in [2.05, 4.69) is 10.6 Å². The molecule has 1 saturated carbocycles. The summed E-state index contributed by atoms with van der Waals surface area (Å²) in [5.41, 5.74) is -0.415. The summed E-state index contributed by atoms with van der Waals surface area (Å²) >= 11 is 0. The Balaban J connectivity index is 2.02. The Labute approximate surface area is 124 Å². The Hall–Kier alpha value is -0.770. The smallest absolute Gasteiger partial charge is 0.407 e. The van der Waals surface area contributed by atoms with E-state index in [-0.39, 0.29) is 6.09 Å². The summed E-state index contributed by atoms with van der Waals surface area (Å²) in [5.74, 6) is 0. The average molecular weight is 284 g/mol. The third kappa shape index (κ3) is 9.18. The number of alkyl carbamates (subject to hydrolysis) is 1. The molecule has 1 aliphatic carbocycles. The Morgan fingerprint density at radius 3 is 2.25 bits per heavy atom. The molecule has 0 radical (unpaired) electrons. The standard InChI is InChI=1S/C16H32N2O2/c1-16(2,3)20-15(19)18-13-9-12-17-14-10-7-5-4-6-8-11-14/h14,17H,4-13H2,1-3H3,(H,18,19). The van der Waals surface area contributed by atoms with E-state index in [4.69, 9.17) is 4.74 Å². The fraction of sp³-hybridized carbons (Fsp3) is 0.938. The predicted molar refractivity (Wildman–Crippen MR) is 83.0 cm³/mol. The molecule has 0 atom stereocenters. The lowest BCUT2D eigenvalue weighted by Gasteiger charge is -2.21. The number of carbonyl (C=O) groups is 1. The zero-order chi connectivity index (χ0) is 14.8. The van der Waals surface area contributed by atoms with Gasteiger partial charge in [-0.25, -0.2) is 4.79 Å². The van der Waals surface area contributed by atoms with Crippen LogP contribution >= 0.6 is 0 Å². The second kappa shape index (κ2) is 9.22. The predicted octanol–water partition coefficient (Wildman–Crippen LogP) is 3.60. The van der Waals surface area contributed by atoms with Crippen molar-refractivity contribution in [3.8, 4) is 0 Å². The van der Waals surface area contributed by atoms with Crippen LogP contribution in [0, 0.1) is 0 Å². The van der Waals surface area contributed by atoms with Crippen LogP contribution in [0.4, 0.5) is 4.79 Å². The molecule has 118 valence electrons. The maximum Gasteiger partial charge on any atom is 0.407 e. The number of hydrogen-bond donors (Lipinski definition) is 2. The second-order valence-electron chi connectivity index (χ2n) is 6.78. The van der Waals surface area contributed by atoms with Crippen molar-refractivity contribution >= 4 is 6.09 Å². The first-order valence-corrected chi connectivity index (χ1v) is 8.17. The van der Waals surface area contributed by atoms with Crippen LogP contribution in [0.2, 0.25) is 0 Å². The summed E-state index contributed by atoms with van der Waals surface area (Å²) < 4.78 is 5.19. The Morgan fingerprint density at radius 1 is 1.05 bits per heavy atom. The number of carbonyl (C=O) groups excluding carboxylic acids is 1. The molecule has 4 nitrogen and oxygen atoms in total. The van der Waals surface area contributed by atoms with Gasteiger partial charge in [0.1, 0.15) is 5.60 Å². The van der Waals surface area contributed by atoms with Crippen LogP contribution < -0.4 is 10.6 Å². The third-order valence-corrected chi connectivity index (χ3v) is 3.56. The highest BCUT2D eigenvalue weighted by Crippen LogP contribution is 2.16. The Morgan fingerprint density at radius 2 is 1.65 bits per heavy atom. The molecule has 0 saturated heterocycles. The van der Waals surface area contributed by atoms with Crippen LogP contribution in [0.3, 0.4) is 0 Å². The number of hydrogen-bond acceptors (Lipinski definition) is 3. The summed E-state index contributed by atoms with van der Waals surface area (Å²) in [7, 11) is 0. The van der Waals surface area contributed by atoms with Crippen LogP contribution in [-0.4, -0.2) is 30.8 Å². The van der Waals surface area contributed by atoms with Crippen LogP contribution in [-0.2, 0) is 4.74 Å². The first-order valence-electron chi connectivity index (χ1n) is 8.17. The van der Waals surface area contributed by atoms with Gasteiger partial charge in [0, 0.05) is 12.6 Å². The Bertz CT molecular complexity index is 266. The van der Waals surface area contributed by atoms with Gasteiger partial charge in [0.2, 0.25) is 0 Å². The lowest BCUT2D eigenvalue weighted by Crippen LogP contribution is -2.35. The summed E-state index contributed by atoms with van der Waals surface area (Å²) in [6.45, 7) is 7.28. The second-order valence-corrected chi connectivity index (χ2v) is 6.78. The molecule has 0 aromatic rings. The molecule has 0 spiro atoms. The molecule has 2 N–H and O–H groups in total. The van der Waals surface area contributed by atoms with Gasteiger partial charge in [0.25, 0.3) is 0 Å². The Kier molecular flexibility index (Phi) is 7.97. The number of ether oxygens (including phenoxy) is 1. The quantitative estimate of drug-likeness (QED) is 0.758. The van der Waals surface area contributed by atoms with E-state index in [0.29, 0.717) is 12.6 Å². The van der Waals surface area contributed by atoms with Gasteiger partial charge >= 0.3 is 6.09 Å². The first-order chi connectivity index (χ1) is 9.47. The van der Waals surface area contributed by atoms with Crippen LogP contribution in [0.25, 0.3) is 0 Å². The molecular formula is C16H32N2O2. The zero-order valence-electron chi connectivity index (χ0n) is 13.5. The average Bonchev–Trinajstić information content (AvgIpc) is 2.28. The zero-order valence-corrected chi connectivity index (χ0v) is 13.5. The van der Waals surface area contributed by atoms with Gasteiger partial charge in [-0.1, -0.05) is 32.1 Å². The molecule has 1 amide bonds. The highest BCUT2D eigenvalue weighted by molar-refractivity contribution is 5.67. The summed E-state index contributed by atoms with van der Waals surface area (Å²) in [4.78, 5) is 11.5. The van der Waals surface area contributed by atoms with E-state index in [1.165, 1.54) is 44.9 Å². The van der Waals surface area contributed by atoms with Crippen molar-refractivity contribution in [2.75, 3.05) is 13.1 Å². The van der Waals surface area contributed by atoms with Gasteiger partial charge < -0.3 is 15.4 Å². The van der Waals surface area contributed by atoms with E-state index in [9.17, 15) is 4.79 Å². The largest absolute Gasteiger partial charge is 0.444 e. The molecule has 20 heavy (non-hydrogen) atoms. The van der Waals surface area contributed by atoms with E-state index >= 15 is 0 Å². The van der Waals surface area contributed by atoms with E-state index < -0.39 is 5.60 Å². The van der Waals surface area contributed by atoms with Crippen LogP contribution in [0.5, 0.6) is 0 Å². The fourth-order valence-electron chi connectivity index (χ4n) is 2.56. The van der Waals surface area contributed by atoms with Gasteiger partial charge in [-0.2, -0.15) is 0 Å². The van der Waals surface area contributed by atoms with Gasteiger partial charge in [-0.3, -0.25) is 0 Å². The van der Waals surface area contributed by atoms with Gasteiger partial charge in [0.05, 0.1) is 0 Å². The molecule has 1 fully saturated rings. The maximum atomic E-state index is 11.5. The van der Waals surface area contributed by atoms with Crippen molar-refractivity contribution in [3.05, 3.63) is 0 Å². The molecule has 0 aliphatic heterocycles. The van der Waals surface area contributed by atoms with Crippen molar-refractivity contribution in [3.63, 3.8) is 0 Å². The highest BCUT2D eigenvalue weighted by atomic mass is 16.6. The minimum Gasteiger partial charge on any atom is -0.444 e. The lowest BCUT2D eigenvalue weighted by molar-refractivity contribution is 0.0527. The van der Waals surface area contributed by atoms with E-state index in [1.54, 1.807) is 0 Å². The number of rotatable bonds is 5. The minimum absolute atomic E-state index is 0.316. The van der Waals surface area contributed by atoms with Gasteiger partial charge in [0.15, 0.2) is 0 Å². The molecular weight excluding hydrogens is 252 g/mol. The molecule has 0 heterocycles. The maximum absolute atomic E-state index is 11.5. The normalized spacial score (nSPS) is 18.1. The minimum atomic E-state index is -0.415. The molecule has 1 aliphatic rings. The van der Waals surface area contributed by atoms with Crippen LogP contribution in [0.15, 0.2) is 0 Å². The topological polar surface area (TPSA) is 50.4 Å². The molecule has 0 unspecified atom stereocenters. The monoisotopic (exact) mass is 284 g/mol. The molecule has 0 bridgehead atoms. The number of amides is 1. The SMILES string of the molecule is CC(C)(C)OC(=O)NCCCNC1CCCCCCC1. The first kappa shape index (κ1) is 17.3. The van der Waals surface area contributed by atoms with Gasteiger partial charge in [-0.15, -0.1) is 0 Å². The van der Waals surface area contributed by atoms with Crippen molar-refractivity contribution in [2.45, 2.75) is 83.8 Å². The molecule has 4 heteroatoms. The van der Waals surface area contributed by atoms with Crippen molar-refractivity contribution in [1.29, 1.82) is 0 Å². The summed E-state index contributed by atoms with van der Waals surface area (Å²) in [6.07, 6.45) is 10.1. The lowest BCUT2D eigenvalue weighted by atomic mass is 9.97. The third-order valence-electron chi connectivity index (χ3n) is 3.56. The van der Waals surface area contributed by atoms with E-state index in [1.807, 2.05) is 20.8 Å². The molecule has 0 aromatic carbocycles. The van der Waals surface area contributed by atoms with Crippen molar-refractivity contribution in [1.82, 2.24) is 10.6 Å². The number of nitrogens with one attached hydrogen (secondary N) is 2. The summed E-state index contributed by atoms with van der Waals surface area (Å²) in [5, 5.41) is 6.42. The van der Waals surface area contributed by atoms with E-state index in [0.717, 1.165) is 13.0 Å². The van der Waals surface area contributed by atoms with Crippen molar-refractivity contribution < 1.29 is 9.53 Å². The van der Waals surface area contributed by atoms with Crippen molar-refractivity contribution in [2.24, 2.45) is 0 Å². The van der Waals surface area contributed by atoms with Gasteiger partial charge in [-0.05, 0) is 46.6 Å². The molecule has 1 rings (SSSR count). The highest BCUT2D eigenvalue weighted by Gasteiger charge is 2.15. The van der Waals surface area contributed by atoms with Crippen LogP contribution in [0.1, 0.15) is 72.1 Å².